The molecule has 1 unspecified atom stereocenters. The van der Waals surface area contributed by atoms with Crippen LogP contribution in [0.25, 0.3) is 0 Å². The Morgan fingerprint density at radius 3 is 2.51 bits per heavy atom. The monoisotopic (exact) mass is 493 g/mol. The molecule has 1 amide bonds. The number of amides is 1. The highest BCUT2D eigenvalue weighted by molar-refractivity contribution is 5.98. The molecule has 190 valence electrons. The van der Waals surface area contributed by atoms with E-state index in [1.54, 1.807) is 0 Å². The van der Waals surface area contributed by atoms with Gasteiger partial charge in [-0.3, -0.25) is 9.48 Å². The molecule has 1 aliphatic carbocycles. The predicted octanol–water partition coefficient (Wildman–Crippen LogP) is 6.87. The molecule has 0 spiro atoms. The first-order chi connectivity index (χ1) is 18.0. The van der Waals surface area contributed by atoms with Crippen LogP contribution in [0.15, 0.2) is 85.2 Å². The van der Waals surface area contributed by atoms with Crippen LogP contribution in [0.5, 0.6) is 5.75 Å². The average Bonchev–Trinajstić information content (AvgIpc) is 3.58. The molecule has 4 aromatic rings. The van der Waals surface area contributed by atoms with E-state index in [1.165, 1.54) is 5.56 Å². The van der Waals surface area contributed by atoms with Crippen molar-refractivity contribution in [3.05, 3.63) is 113 Å². The molecule has 0 bridgehead atoms. The standard InChI is InChI=1S/C32H35N3O2/c1-4-34-20-25(19-33-34)21-35(27-15-13-26(14-16-27)23(2)3)32(36)30-18-17-29-28(30)11-8-12-31(29)37-22-24-9-6-5-7-10-24/h5-16,19-20,23,30H,4,17-18,21-22H2,1-3H3. The minimum absolute atomic E-state index is 0.125. The van der Waals surface area contributed by atoms with E-state index in [9.17, 15) is 4.79 Å². The maximum absolute atomic E-state index is 14.2. The predicted molar refractivity (Wildman–Crippen MR) is 148 cm³/mol. The number of aryl methyl sites for hydroxylation is 1. The van der Waals surface area contributed by atoms with E-state index in [4.69, 9.17) is 4.74 Å². The van der Waals surface area contributed by atoms with E-state index >= 15 is 0 Å². The summed E-state index contributed by atoms with van der Waals surface area (Å²) in [6, 6.07) is 24.7. The second kappa shape index (κ2) is 11.0. The molecule has 0 aliphatic heterocycles. The van der Waals surface area contributed by atoms with Crippen molar-refractivity contribution in [3.63, 3.8) is 0 Å². The van der Waals surface area contributed by atoms with Gasteiger partial charge in [0.1, 0.15) is 12.4 Å². The second-order valence-electron chi connectivity index (χ2n) is 10.1. The van der Waals surface area contributed by atoms with E-state index in [1.807, 2.05) is 52.3 Å². The lowest BCUT2D eigenvalue weighted by atomic mass is 9.98. The molecule has 1 atom stereocenters. The summed E-state index contributed by atoms with van der Waals surface area (Å²) in [5, 5.41) is 4.43. The first-order valence-corrected chi connectivity index (χ1v) is 13.2. The third-order valence-electron chi connectivity index (χ3n) is 7.25. The van der Waals surface area contributed by atoms with Gasteiger partial charge in [0.25, 0.3) is 0 Å². The van der Waals surface area contributed by atoms with Gasteiger partial charge in [0.05, 0.1) is 18.7 Å². The quantitative estimate of drug-likeness (QED) is 0.256. The van der Waals surface area contributed by atoms with E-state index in [0.29, 0.717) is 19.1 Å². The zero-order chi connectivity index (χ0) is 25.8. The largest absolute Gasteiger partial charge is 0.489 e. The maximum atomic E-state index is 14.2. The number of anilines is 1. The van der Waals surface area contributed by atoms with Crippen molar-refractivity contribution in [3.8, 4) is 5.75 Å². The number of hydrogen-bond donors (Lipinski definition) is 0. The highest BCUT2D eigenvalue weighted by atomic mass is 16.5. The summed E-state index contributed by atoms with van der Waals surface area (Å²) in [4.78, 5) is 16.1. The molecule has 0 fully saturated rings. The Morgan fingerprint density at radius 2 is 1.81 bits per heavy atom. The van der Waals surface area contributed by atoms with Crippen LogP contribution in [0.3, 0.4) is 0 Å². The van der Waals surface area contributed by atoms with Crippen molar-refractivity contribution in [1.29, 1.82) is 0 Å². The van der Waals surface area contributed by atoms with Gasteiger partial charge >= 0.3 is 0 Å². The van der Waals surface area contributed by atoms with Crippen LogP contribution in [-0.4, -0.2) is 15.7 Å². The Bertz CT molecular complexity index is 1340. The van der Waals surface area contributed by atoms with Crippen LogP contribution in [0.4, 0.5) is 5.69 Å². The third kappa shape index (κ3) is 5.46. The first-order valence-electron chi connectivity index (χ1n) is 13.2. The number of aromatic nitrogens is 2. The van der Waals surface area contributed by atoms with Crippen molar-refractivity contribution in [2.45, 2.75) is 65.1 Å². The Labute approximate surface area is 219 Å². The van der Waals surface area contributed by atoms with Gasteiger partial charge in [-0.2, -0.15) is 5.10 Å². The highest BCUT2D eigenvalue weighted by Gasteiger charge is 2.34. The fourth-order valence-corrected chi connectivity index (χ4v) is 5.12. The first kappa shape index (κ1) is 24.8. The zero-order valence-electron chi connectivity index (χ0n) is 21.9. The van der Waals surface area contributed by atoms with Gasteiger partial charge in [0.2, 0.25) is 5.91 Å². The molecule has 0 saturated heterocycles. The van der Waals surface area contributed by atoms with Gasteiger partial charge in [-0.15, -0.1) is 0 Å². The molecular weight excluding hydrogens is 458 g/mol. The summed E-state index contributed by atoms with van der Waals surface area (Å²) in [5.74, 6) is 1.26. The zero-order valence-corrected chi connectivity index (χ0v) is 21.9. The molecule has 5 rings (SSSR count). The topological polar surface area (TPSA) is 47.4 Å². The Hall–Kier alpha value is -3.86. The fraction of sp³-hybridized carbons (Fsp3) is 0.312. The molecule has 0 saturated carbocycles. The summed E-state index contributed by atoms with van der Waals surface area (Å²) in [5.41, 5.74) is 6.59. The van der Waals surface area contributed by atoms with Crippen molar-refractivity contribution < 1.29 is 9.53 Å². The molecule has 1 aromatic heterocycles. The molecule has 1 heterocycles. The Kier molecular flexibility index (Phi) is 7.40. The molecule has 5 nitrogen and oxygen atoms in total. The van der Waals surface area contributed by atoms with Crippen LogP contribution >= 0.6 is 0 Å². The minimum atomic E-state index is -0.193. The minimum Gasteiger partial charge on any atom is -0.489 e. The number of carbonyl (C=O) groups is 1. The molecule has 0 radical (unpaired) electrons. The number of carbonyl (C=O) groups excluding carboxylic acids is 1. The smallest absolute Gasteiger partial charge is 0.234 e. The van der Waals surface area contributed by atoms with Crippen LogP contribution in [0.1, 0.15) is 66.8 Å². The van der Waals surface area contributed by atoms with Gasteiger partial charge in [0.15, 0.2) is 0 Å². The number of nitrogens with zero attached hydrogens (tertiary/aromatic N) is 3. The Morgan fingerprint density at radius 1 is 1.03 bits per heavy atom. The van der Waals surface area contributed by atoms with Gasteiger partial charge in [0, 0.05) is 24.0 Å². The lowest BCUT2D eigenvalue weighted by Gasteiger charge is -2.26. The van der Waals surface area contributed by atoms with Crippen LogP contribution in [0, 0.1) is 0 Å². The average molecular weight is 494 g/mol. The normalized spacial score (nSPS) is 14.5. The molecule has 5 heteroatoms. The lowest BCUT2D eigenvalue weighted by Crippen LogP contribution is -2.34. The molecule has 3 aromatic carbocycles. The molecule has 37 heavy (non-hydrogen) atoms. The van der Waals surface area contributed by atoms with Gasteiger partial charge in [-0.25, -0.2) is 0 Å². The van der Waals surface area contributed by atoms with Crippen molar-refractivity contribution in [2.24, 2.45) is 0 Å². The number of fused-ring (bicyclic) bond motifs is 1. The summed E-state index contributed by atoms with van der Waals surface area (Å²) < 4.78 is 8.12. The molecular formula is C32H35N3O2. The van der Waals surface area contributed by atoms with Crippen molar-refractivity contribution >= 4 is 11.6 Å². The number of hydrogen-bond acceptors (Lipinski definition) is 3. The maximum Gasteiger partial charge on any atom is 0.234 e. The Balaban J connectivity index is 1.41. The number of rotatable bonds is 9. The van der Waals surface area contributed by atoms with E-state index in [0.717, 1.165) is 53.1 Å². The number of benzene rings is 3. The van der Waals surface area contributed by atoms with Crippen LogP contribution in [0.2, 0.25) is 0 Å². The summed E-state index contributed by atoms with van der Waals surface area (Å²) >= 11 is 0. The molecule has 1 aliphatic rings. The summed E-state index contributed by atoms with van der Waals surface area (Å²) in [7, 11) is 0. The third-order valence-corrected chi connectivity index (χ3v) is 7.25. The second-order valence-corrected chi connectivity index (χ2v) is 10.1. The van der Waals surface area contributed by atoms with E-state index in [-0.39, 0.29) is 11.8 Å². The van der Waals surface area contributed by atoms with Gasteiger partial charge in [-0.05, 0) is 66.1 Å². The van der Waals surface area contributed by atoms with Crippen molar-refractivity contribution in [2.75, 3.05) is 4.90 Å². The fourth-order valence-electron chi connectivity index (χ4n) is 5.12. The van der Waals surface area contributed by atoms with Crippen molar-refractivity contribution in [1.82, 2.24) is 9.78 Å². The summed E-state index contributed by atoms with van der Waals surface area (Å²) in [6.07, 6.45) is 5.52. The van der Waals surface area contributed by atoms with Crippen LogP contribution < -0.4 is 9.64 Å². The van der Waals surface area contributed by atoms with E-state index in [2.05, 4.69) is 68.3 Å². The lowest BCUT2D eigenvalue weighted by molar-refractivity contribution is -0.120. The van der Waals surface area contributed by atoms with Gasteiger partial charge < -0.3 is 9.64 Å². The summed E-state index contributed by atoms with van der Waals surface area (Å²) in [6.45, 7) is 8.26. The van der Waals surface area contributed by atoms with Crippen LogP contribution in [-0.2, 0) is 30.9 Å². The SMILES string of the molecule is CCn1cc(CN(C(=O)C2CCc3c(OCc4ccccc4)cccc32)c2ccc(C(C)C)cc2)cn1. The van der Waals surface area contributed by atoms with Gasteiger partial charge in [-0.1, -0.05) is 68.4 Å². The molecule has 0 N–H and O–H groups in total. The highest BCUT2D eigenvalue weighted by Crippen LogP contribution is 2.40. The van der Waals surface area contributed by atoms with E-state index < -0.39 is 0 Å². The number of ether oxygens (including phenoxy) is 1.